The van der Waals surface area contributed by atoms with Crippen LogP contribution in [0.5, 0.6) is 0 Å². The van der Waals surface area contributed by atoms with Gasteiger partial charge in [-0.2, -0.15) is 0 Å². The molecule has 6 heteroatoms. The Labute approximate surface area is 139 Å². The largest absolute Gasteiger partial charge is 0.465 e. The number of halogens is 1. The van der Waals surface area contributed by atoms with Crippen LogP contribution in [0.25, 0.3) is 0 Å². The van der Waals surface area contributed by atoms with Crippen molar-refractivity contribution >= 4 is 28.0 Å². The molecule has 0 aliphatic heterocycles. The van der Waals surface area contributed by atoms with E-state index in [2.05, 4.69) is 15.9 Å². The van der Waals surface area contributed by atoms with Gasteiger partial charge in [0.05, 0.1) is 6.61 Å². The molecule has 0 aliphatic carbocycles. The molecular weight excluding hydrogens is 350 g/mol. The minimum atomic E-state index is -0.624. The SMILES string of the molecule is CCOC(=O)CN(Cc1cccc(Br)c1)C(=O)OC(C)(C)C. The van der Waals surface area contributed by atoms with Crippen LogP contribution in [0.1, 0.15) is 33.3 Å². The smallest absolute Gasteiger partial charge is 0.411 e. The van der Waals surface area contributed by atoms with Gasteiger partial charge in [0.2, 0.25) is 0 Å². The number of carbonyl (C=O) groups is 2. The van der Waals surface area contributed by atoms with Crippen LogP contribution < -0.4 is 0 Å². The van der Waals surface area contributed by atoms with Crippen LogP contribution in [0.3, 0.4) is 0 Å². The van der Waals surface area contributed by atoms with Crippen molar-refractivity contribution in [2.24, 2.45) is 0 Å². The second-order valence-corrected chi connectivity index (χ2v) is 6.69. The molecule has 5 nitrogen and oxygen atoms in total. The van der Waals surface area contributed by atoms with Crippen molar-refractivity contribution in [1.82, 2.24) is 4.90 Å². The fraction of sp³-hybridized carbons (Fsp3) is 0.500. The number of hydrogen-bond acceptors (Lipinski definition) is 4. The van der Waals surface area contributed by atoms with Gasteiger partial charge in [0, 0.05) is 11.0 Å². The van der Waals surface area contributed by atoms with Crippen LogP contribution >= 0.6 is 15.9 Å². The number of ether oxygens (including phenoxy) is 2. The van der Waals surface area contributed by atoms with Crippen LogP contribution in [0, 0.1) is 0 Å². The van der Waals surface area contributed by atoms with Gasteiger partial charge >= 0.3 is 12.1 Å². The third kappa shape index (κ3) is 6.93. The summed E-state index contributed by atoms with van der Waals surface area (Å²) in [6, 6.07) is 7.54. The maximum atomic E-state index is 12.3. The fourth-order valence-electron chi connectivity index (χ4n) is 1.73. The number of benzene rings is 1. The predicted octanol–water partition coefficient (Wildman–Crippen LogP) is 3.75. The lowest BCUT2D eigenvalue weighted by Gasteiger charge is -2.27. The second-order valence-electron chi connectivity index (χ2n) is 5.77. The topological polar surface area (TPSA) is 55.8 Å². The molecule has 0 unspecified atom stereocenters. The Kier molecular flexibility index (Phi) is 6.87. The van der Waals surface area contributed by atoms with E-state index >= 15 is 0 Å². The van der Waals surface area contributed by atoms with Gasteiger partial charge in [0.25, 0.3) is 0 Å². The van der Waals surface area contributed by atoms with E-state index < -0.39 is 17.7 Å². The van der Waals surface area contributed by atoms with E-state index in [1.54, 1.807) is 27.7 Å². The van der Waals surface area contributed by atoms with Gasteiger partial charge in [-0.1, -0.05) is 28.1 Å². The first-order chi connectivity index (χ1) is 10.2. The summed E-state index contributed by atoms with van der Waals surface area (Å²) >= 11 is 3.39. The van der Waals surface area contributed by atoms with Gasteiger partial charge in [-0.15, -0.1) is 0 Å². The zero-order valence-corrected chi connectivity index (χ0v) is 15.0. The van der Waals surface area contributed by atoms with Crippen molar-refractivity contribution < 1.29 is 19.1 Å². The molecule has 0 fully saturated rings. The zero-order valence-electron chi connectivity index (χ0n) is 13.4. The molecule has 1 aromatic carbocycles. The van der Waals surface area contributed by atoms with Gasteiger partial charge in [-0.3, -0.25) is 9.69 Å². The number of hydrogen-bond donors (Lipinski definition) is 0. The lowest BCUT2D eigenvalue weighted by Crippen LogP contribution is -2.39. The Hall–Kier alpha value is -1.56. The minimum absolute atomic E-state index is 0.144. The van der Waals surface area contributed by atoms with Crippen LogP contribution in [0.15, 0.2) is 28.7 Å². The summed E-state index contributed by atoms with van der Waals surface area (Å²) in [4.78, 5) is 25.3. The van der Waals surface area contributed by atoms with Crippen LogP contribution in [0.2, 0.25) is 0 Å². The maximum Gasteiger partial charge on any atom is 0.411 e. The second kappa shape index (κ2) is 8.17. The molecule has 0 saturated carbocycles. The van der Waals surface area contributed by atoms with Crippen LogP contribution in [-0.2, 0) is 20.8 Å². The van der Waals surface area contributed by atoms with Crippen molar-refractivity contribution in [2.45, 2.75) is 39.8 Å². The Morgan fingerprint density at radius 3 is 2.50 bits per heavy atom. The number of nitrogens with zero attached hydrogens (tertiary/aromatic N) is 1. The number of amides is 1. The molecule has 0 bridgehead atoms. The summed E-state index contributed by atoms with van der Waals surface area (Å²) in [7, 11) is 0. The summed E-state index contributed by atoms with van der Waals surface area (Å²) in [5.41, 5.74) is 0.269. The van der Waals surface area contributed by atoms with Crippen molar-refractivity contribution in [2.75, 3.05) is 13.2 Å². The molecule has 1 amide bonds. The molecule has 122 valence electrons. The summed E-state index contributed by atoms with van der Waals surface area (Å²) in [5.74, 6) is -0.455. The average molecular weight is 372 g/mol. The Bertz CT molecular complexity index is 525. The van der Waals surface area contributed by atoms with E-state index in [-0.39, 0.29) is 19.7 Å². The van der Waals surface area contributed by atoms with E-state index in [1.165, 1.54) is 4.90 Å². The summed E-state index contributed by atoms with van der Waals surface area (Å²) < 4.78 is 11.2. The minimum Gasteiger partial charge on any atom is -0.465 e. The average Bonchev–Trinajstić information content (AvgIpc) is 2.36. The van der Waals surface area contributed by atoms with Gasteiger partial charge < -0.3 is 9.47 Å². The number of carbonyl (C=O) groups excluding carboxylic acids is 2. The first-order valence-corrected chi connectivity index (χ1v) is 7.88. The lowest BCUT2D eigenvalue weighted by atomic mass is 10.2. The van der Waals surface area contributed by atoms with Crippen molar-refractivity contribution in [3.05, 3.63) is 34.3 Å². The summed E-state index contributed by atoms with van der Waals surface area (Å²) in [6.45, 7) is 7.48. The third-order valence-electron chi connectivity index (χ3n) is 2.54. The van der Waals surface area contributed by atoms with Gasteiger partial charge in [-0.25, -0.2) is 4.79 Å². The molecule has 1 rings (SSSR count). The van der Waals surface area contributed by atoms with Crippen LogP contribution in [-0.4, -0.2) is 35.7 Å². The summed E-state index contributed by atoms with van der Waals surface area (Å²) in [6.07, 6.45) is -0.541. The fourth-order valence-corrected chi connectivity index (χ4v) is 2.18. The number of rotatable bonds is 5. The first kappa shape index (κ1) is 18.5. The molecule has 0 saturated heterocycles. The molecule has 0 heterocycles. The Morgan fingerprint density at radius 1 is 1.27 bits per heavy atom. The highest BCUT2D eigenvalue weighted by atomic mass is 79.9. The molecule has 1 aromatic rings. The maximum absolute atomic E-state index is 12.3. The molecule has 0 atom stereocenters. The zero-order chi connectivity index (χ0) is 16.8. The van der Waals surface area contributed by atoms with Gasteiger partial charge in [0.1, 0.15) is 12.1 Å². The summed E-state index contributed by atoms with van der Waals surface area (Å²) in [5, 5.41) is 0. The normalized spacial score (nSPS) is 11.0. The van der Waals surface area contributed by atoms with E-state index in [1.807, 2.05) is 24.3 Å². The molecule has 0 radical (unpaired) electrons. The molecule has 0 aliphatic rings. The standard InChI is InChI=1S/C16H22BrNO4/c1-5-21-14(19)11-18(15(20)22-16(2,3)4)10-12-7-6-8-13(17)9-12/h6-9H,5,10-11H2,1-4H3. The highest BCUT2D eigenvalue weighted by Gasteiger charge is 2.24. The van der Waals surface area contributed by atoms with Gasteiger partial charge in [-0.05, 0) is 45.4 Å². The Balaban J connectivity index is 2.85. The quantitative estimate of drug-likeness (QED) is 0.739. The molecule has 0 spiro atoms. The van der Waals surface area contributed by atoms with E-state index in [9.17, 15) is 9.59 Å². The van der Waals surface area contributed by atoms with E-state index in [0.29, 0.717) is 0 Å². The van der Waals surface area contributed by atoms with Crippen molar-refractivity contribution in [1.29, 1.82) is 0 Å². The van der Waals surface area contributed by atoms with Crippen LogP contribution in [0.4, 0.5) is 4.79 Å². The number of esters is 1. The van der Waals surface area contributed by atoms with Crippen molar-refractivity contribution in [3.8, 4) is 0 Å². The van der Waals surface area contributed by atoms with E-state index in [0.717, 1.165) is 10.0 Å². The highest BCUT2D eigenvalue weighted by Crippen LogP contribution is 2.16. The molecular formula is C16H22BrNO4. The predicted molar refractivity (Wildman–Crippen MR) is 87.4 cm³/mol. The van der Waals surface area contributed by atoms with E-state index in [4.69, 9.17) is 9.47 Å². The first-order valence-electron chi connectivity index (χ1n) is 7.09. The third-order valence-corrected chi connectivity index (χ3v) is 3.03. The molecule has 22 heavy (non-hydrogen) atoms. The molecule has 0 N–H and O–H groups in total. The van der Waals surface area contributed by atoms with Crippen molar-refractivity contribution in [3.63, 3.8) is 0 Å². The van der Waals surface area contributed by atoms with Gasteiger partial charge in [0.15, 0.2) is 0 Å². The molecule has 0 aromatic heterocycles. The lowest BCUT2D eigenvalue weighted by molar-refractivity contribution is -0.144. The Morgan fingerprint density at radius 2 is 1.95 bits per heavy atom. The highest BCUT2D eigenvalue weighted by molar-refractivity contribution is 9.10. The monoisotopic (exact) mass is 371 g/mol.